The summed E-state index contributed by atoms with van der Waals surface area (Å²) in [5, 5.41) is 13.4. The second-order valence-corrected chi connectivity index (χ2v) is 22.5. The number of amides is 5. The molecule has 0 atom stereocenters. The minimum Gasteiger partial charge on any atom is -0.495 e. The molecule has 0 bridgehead atoms. The molecule has 5 amide bonds. The van der Waals surface area contributed by atoms with Gasteiger partial charge in [0.25, 0.3) is 5.91 Å². The molecule has 8 rings (SSSR count). The van der Waals surface area contributed by atoms with Crippen LogP contribution >= 0.6 is 11.6 Å². The molecule has 81 heavy (non-hydrogen) atoms. The van der Waals surface area contributed by atoms with E-state index in [2.05, 4.69) is 45.1 Å². The Balaban J connectivity index is 0.702. The molecular formula is C57H67ClF3N9O10S. The third kappa shape index (κ3) is 15.8. The zero-order valence-electron chi connectivity index (χ0n) is 45.6. The molecule has 0 saturated carbocycles. The van der Waals surface area contributed by atoms with Gasteiger partial charge < -0.3 is 54.6 Å². The van der Waals surface area contributed by atoms with Gasteiger partial charge in [-0.15, -0.1) is 0 Å². The number of methoxy groups -OCH3 is 1. The highest BCUT2D eigenvalue weighted by molar-refractivity contribution is 7.89. The molecule has 434 valence electrons. The third-order valence-corrected chi connectivity index (χ3v) is 16.6. The standard InChI is InChI=1S/C57H67ClF3N9O10S/c1-38-10-12-42(30-48(38)58)65-56(74)63-35-39-11-14-46-40(29-39)36-69(55(46)73)44-32-53(71)68(54(72)33-44)22-24-79-26-28-80-27-25-78-23-21-67(3)81(75,76)45-13-15-50(52(34-45)77-4)62-18-6-7-43-31-47-49(64-41-16-19-66(2)20-17-41)8-5-9-51(47)70(43)37-57(59,60)61/h5,8-15,29-31,34,41,44,62,64H,16-28,32-33,35-37H2,1-4H3,(H2,63,65,74). The smallest absolute Gasteiger partial charge is 0.406 e. The van der Waals surface area contributed by atoms with Gasteiger partial charge in [-0.3, -0.25) is 19.3 Å². The van der Waals surface area contributed by atoms with E-state index >= 15 is 0 Å². The van der Waals surface area contributed by atoms with Crippen molar-refractivity contribution in [2.45, 2.75) is 75.4 Å². The molecule has 1 aromatic heterocycles. The highest BCUT2D eigenvalue weighted by Crippen LogP contribution is 2.34. The van der Waals surface area contributed by atoms with Gasteiger partial charge >= 0.3 is 12.2 Å². The molecule has 4 N–H and O–H groups in total. The van der Waals surface area contributed by atoms with Gasteiger partial charge in [-0.05, 0) is 111 Å². The molecule has 0 radical (unpaired) electrons. The van der Waals surface area contributed by atoms with E-state index in [9.17, 15) is 40.8 Å². The van der Waals surface area contributed by atoms with E-state index in [0.29, 0.717) is 32.9 Å². The van der Waals surface area contributed by atoms with E-state index in [-0.39, 0.29) is 113 Å². The van der Waals surface area contributed by atoms with Crippen LogP contribution in [0, 0.1) is 18.8 Å². The lowest BCUT2D eigenvalue weighted by atomic mass is 10.0. The van der Waals surface area contributed by atoms with Crippen LogP contribution in [-0.4, -0.2) is 168 Å². The fourth-order valence-corrected chi connectivity index (χ4v) is 11.2. The van der Waals surface area contributed by atoms with Crippen molar-refractivity contribution >= 4 is 73.3 Å². The maximum atomic E-state index is 13.8. The topological polar surface area (TPSA) is 205 Å². The maximum Gasteiger partial charge on any atom is 0.406 e. The molecule has 0 unspecified atom stereocenters. The number of urea groups is 1. The molecule has 4 heterocycles. The van der Waals surface area contributed by atoms with Crippen LogP contribution in [0.15, 0.2) is 83.8 Å². The van der Waals surface area contributed by atoms with Crippen molar-refractivity contribution in [1.29, 1.82) is 0 Å². The largest absolute Gasteiger partial charge is 0.495 e. The molecule has 24 heteroatoms. The maximum absolute atomic E-state index is 13.8. The van der Waals surface area contributed by atoms with Crippen LogP contribution in [0.3, 0.4) is 0 Å². The summed E-state index contributed by atoms with van der Waals surface area (Å²) < 4.78 is 93.1. The van der Waals surface area contributed by atoms with Crippen molar-refractivity contribution in [3.8, 4) is 17.6 Å². The third-order valence-electron chi connectivity index (χ3n) is 14.3. The van der Waals surface area contributed by atoms with Crippen LogP contribution in [0.25, 0.3) is 10.9 Å². The molecule has 2 saturated heterocycles. The van der Waals surface area contributed by atoms with Gasteiger partial charge in [-0.1, -0.05) is 41.8 Å². The number of aromatic nitrogens is 1. The molecule has 0 spiro atoms. The van der Waals surface area contributed by atoms with E-state index in [1.807, 2.05) is 19.1 Å². The Kier molecular flexibility index (Phi) is 20.2. The molecule has 5 aromatic rings. The molecule has 3 aliphatic rings. The molecule has 2 fully saturated rings. The number of likely N-dealkylation sites (tertiary alicyclic amines) is 2. The number of sulfonamides is 1. The Morgan fingerprint density at radius 2 is 1.59 bits per heavy atom. The number of hydrogen-bond acceptors (Lipinski definition) is 13. The molecule has 0 aliphatic carbocycles. The highest BCUT2D eigenvalue weighted by Gasteiger charge is 2.40. The lowest BCUT2D eigenvalue weighted by molar-refractivity contribution is -0.151. The van der Waals surface area contributed by atoms with E-state index in [4.69, 9.17) is 30.5 Å². The second kappa shape index (κ2) is 27.2. The number of fused-ring (bicyclic) bond motifs is 2. The summed E-state index contributed by atoms with van der Waals surface area (Å²) in [7, 11) is 0.922. The first-order valence-corrected chi connectivity index (χ1v) is 28.4. The predicted octanol–water partition coefficient (Wildman–Crippen LogP) is 7.31. The number of piperidine rings is 2. The number of benzene rings is 4. The lowest BCUT2D eigenvalue weighted by Gasteiger charge is -2.34. The van der Waals surface area contributed by atoms with Crippen LogP contribution in [0.1, 0.15) is 58.4 Å². The SMILES string of the molecule is COc1cc(S(=O)(=O)N(C)CCOCCOCCOCCN2C(=O)CC(N3Cc4cc(CNC(=O)Nc5ccc(C)c(Cl)c5)ccc4C3=O)CC2=O)ccc1NCC#Cc1cc2c(NC3CCN(C)CC3)cccc2n1CC(F)(F)F. The first kappa shape index (κ1) is 60.2. The monoisotopic (exact) mass is 1160 g/mol. The summed E-state index contributed by atoms with van der Waals surface area (Å²) in [6.07, 6.45) is -2.65. The fraction of sp³-hybridized carbons (Fsp3) is 0.439. The number of ether oxygens (including phenoxy) is 4. The van der Waals surface area contributed by atoms with Gasteiger partial charge in [0.1, 0.15) is 12.3 Å². The Morgan fingerprint density at radius 3 is 2.30 bits per heavy atom. The van der Waals surface area contributed by atoms with Crippen LogP contribution in [0.5, 0.6) is 5.75 Å². The Hall–Kier alpha value is -6.91. The van der Waals surface area contributed by atoms with Gasteiger partial charge in [-0.25, -0.2) is 13.2 Å². The van der Waals surface area contributed by atoms with Crippen molar-refractivity contribution in [2.24, 2.45) is 0 Å². The average molecular weight is 1160 g/mol. The molecular weight excluding hydrogens is 1100 g/mol. The summed E-state index contributed by atoms with van der Waals surface area (Å²) in [6, 6.07) is 21.0. The molecule has 4 aromatic carbocycles. The lowest BCUT2D eigenvalue weighted by Crippen LogP contribution is -2.51. The number of imide groups is 1. The number of anilines is 3. The highest BCUT2D eigenvalue weighted by atomic mass is 35.5. The predicted molar refractivity (Wildman–Crippen MR) is 301 cm³/mol. The minimum atomic E-state index is -4.47. The van der Waals surface area contributed by atoms with E-state index in [0.717, 1.165) is 57.5 Å². The van der Waals surface area contributed by atoms with Gasteiger partial charge in [0.15, 0.2) is 0 Å². The Labute approximate surface area is 474 Å². The van der Waals surface area contributed by atoms with Crippen molar-refractivity contribution in [1.82, 2.24) is 28.9 Å². The van der Waals surface area contributed by atoms with Gasteiger partial charge in [-0.2, -0.15) is 17.5 Å². The summed E-state index contributed by atoms with van der Waals surface area (Å²) in [5.41, 5.74) is 5.29. The van der Waals surface area contributed by atoms with Crippen molar-refractivity contribution in [3.05, 3.63) is 112 Å². The van der Waals surface area contributed by atoms with Crippen molar-refractivity contribution in [3.63, 3.8) is 0 Å². The number of aryl methyl sites for hydroxylation is 1. The number of nitrogens with one attached hydrogen (secondary N) is 4. The number of carbonyl (C=O) groups is 4. The second-order valence-electron chi connectivity index (χ2n) is 20.1. The summed E-state index contributed by atoms with van der Waals surface area (Å²) in [4.78, 5) is 57.1. The zero-order chi connectivity index (χ0) is 57.8. The Bertz CT molecular complexity index is 3250. The minimum absolute atomic E-state index is 0.0113. The number of hydrogen-bond donors (Lipinski definition) is 4. The van der Waals surface area contributed by atoms with Crippen LogP contribution in [-0.2, 0) is 53.5 Å². The first-order valence-electron chi connectivity index (χ1n) is 26.6. The van der Waals surface area contributed by atoms with Crippen LogP contribution in [0.4, 0.5) is 35.0 Å². The van der Waals surface area contributed by atoms with Gasteiger partial charge in [0, 0.05) is 85.0 Å². The number of likely N-dealkylation sites (N-methyl/N-ethyl adjacent to an activating group) is 1. The van der Waals surface area contributed by atoms with Crippen LogP contribution < -0.4 is 26.0 Å². The van der Waals surface area contributed by atoms with Gasteiger partial charge in [0.05, 0.1) is 81.6 Å². The van der Waals surface area contributed by atoms with E-state index < -0.39 is 46.6 Å². The summed E-state index contributed by atoms with van der Waals surface area (Å²) in [5.74, 6) is 5.00. The normalized spacial score (nSPS) is 15.5. The van der Waals surface area contributed by atoms with E-state index in [1.165, 1.54) is 36.9 Å². The zero-order valence-corrected chi connectivity index (χ0v) is 47.2. The van der Waals surface area contributed by atoms with E-state index in [1.54, 1.807) is 53.4 Å². The fourth-order valence-electron chi connectivity index (χ4n) is 9.81. The number of carbonyl (C=O) groups excluding carboxylic acids is 4. The average Bonchev–Trinajstić information content (AvgIpc) is 4.23. The van der Waals surface area contributed by atoms with Crippen LogP contribution in [0.2, 0.25) is 5.02 Å². The quantitative estimate of drug-likeness (QED) is 0.0272. The molecule has 19 nitrogen and oxygen atoms in total. The first-order chi connectivity index (χ1) is 38.8. The summed E-state index contributed by atoms with van der Waals surface area (Å²) in [6.45, 7) is 4.02. The summed E-state index contributed by atoms with van der Waals surface area (Å²) >= 11 is 6.16. The number of rotatable bonds is 24. The molecule has 3 aliphatic heterocycles. The van der Waals surface area contributed by atoms with Crippen molar-refractivity contribution in [2.75, 3.05) is 110 Å². The number of nitrogens with zero attached hydrogens (tertiary/aromatic N) is 5. The Morgan fingerprint density at radius 1 is 0.877 bits per heavy atom. The van der Waals surface area contributed by atoms with Gasteiger partial charge in [0.2, 0.25) is 21.8 Å². The number of alkyl halides is 3. The van der Waals surface area contributed by atoms with Crippen molar-refractivity contribution < 1.29 is 59.7 Å². The number of halogens is 4.